The number of unbranched alkanes of at least 4 members (excludes halogenated alkanes) is 2. The van der Waals surface area contributed by atoms with Crippen molar-refractivity contribution in [3.63, 3.8) is 0 Å². The van der Waals surface area contributed by atoms with E-state index in [0.717, 1.165) is 37.8 Å². The minimum absolute atomic E-state index is 0.854. The lowest BCUT2D eigenvalue weighted by Gasteiger charge is -2.23. The van der Waals surface area contributed by atoms with E-state index in [1.165, 1.54) is 31.2 Å². The molecule has 4 heteroatoms. The quantitative estimate of drug-likeness (QED) is 0.713. The number of rotatable bonds is 10. The van der Waals surface area contributed by atoms with Crippen LogP contribution in [-0.4, -0.2) is 29.6 Å². The van der Waals surface area contributed by atoms with Crippen molar-refractivity contribution in [1.29, 1.82) is 0 Å². The van der Waals surface area contributed by atoms with Crippen LogP contribution in [0.5, 0.6) is 0 Å². The lowest BCUT2D eigenvalue weighted by molar-refractivity contribution is 0.658. The molecule has 1 aromatic rings. The summed E-state index contributed by atoms with van der Waals surface area (Å²) in [6.07, 6.45) is 6.79. The fraction of sp³-hybridized carbons (Fsp3) is 0.750. The molecule has 0 fully saturated rings. The Bertz CT molecular complexity index is 371. The first-order chi connectivity index (χ1) is 9.72. The zero-order valence-electron chi connectivity index (χ0n) is 13.6. The number of nitrogens with zero attached hydrogens (tertiary/aromatic N) is 3. The molecular weight excluding hydrogens is 248 g/mol. The molecule has 0 saturated heterocycles. The van der Waals surface area contributed by atoms with Crippen molar-refractivity contribution >= 4 is 5.95 Å². The Hall–Kier alpha value is -1.16. The molecule has 0 atom stereocenters. The summed E-state index contributed by atoms with van der Waals surface area (Å²) < 4.78 is 0. The lowest BCUT2D eigenvalue weighted by Crippen LogP contribution is -2.28. The van der Waals surface area contributed by atoms with E-state index in [1.807, 2.05) is 6.20 Å². The Morgan fingerprint density at radius 2 is 1.75 bits per heavy atom. The Morgan fingerprint density at radius 3 is 2.25 bits per heavy atom. The van der Waals surface area contributed by atoms with Gasteiger partial charge in [0, 0.05) is 37.1 Å². The second kappa shape index (κ2) is 9.70. The van der Waals surface area contributed by atoms with Crippen molar-refractivity contribution in [2.75, 3.05) is 24.5 Å². The summed E-state index contributed by atoms with van der Waals surface area (Å²) in [6.45, 7) is 12.6. The third-order valence-electron chi connectivity index (χ3n) is 3.48. The van der Waals surface area contributed by atoms with Gasteiger partial charge in [0.05, 0.1) is 0 Å². The molecule has 4 nitrogen and oxygen atoms in total. The molecule has 0 aliphatic carbocycles. The topological polar surface area (TPSA) is 41.1 Å². The minimum atomic E-state index is 0.854. The average molecular weight is 278 g/mol. The van der Waals surface area contributed by atoms with Gasteiger partial charge in [-0.2, -0.15) is 0 Å². The predicted octanol–water partition coefficient (Wildman–Crippen LogP) is 3.30. The highest BCUT2D eigenvalue weighted by Crippen LogP contribution is 2.13. The monoisotopic (exact) mass is 278 g/mol. The van der Waals surface area contributed by atoms with Crippen molar-refractivity contribution in [2.24, 2.45) is 0 Å². The number of hydrogen-bond donors (Lipinski definition) is 1. The van der Waals surface area contributed by atoms with E-state index in [0.29, 0.717) is 0 Å². The molecule has 0 bridgehead atoms. The minimum Gasteiger partial charge on any atom is -0.341 e. The van der Waals surface area contributed by atoms with Crippen molar-refractivity contribution in [3.05, 3.63) is 17.5 Å². The van der Waals surface area contributed by atoms with Gasteiger partial charge in [-0.05, 0) is 26.3 Å². The van der Waals surface area contributed by atoms with Crippen molar-refractivity contribution in [2.45, 2.75) is 59.9 Å². The molecule has 0 radical (unpaired) electrons. The molecule has 0 amide bonds. The Labute approximate surface area is 124 Å². The summed E-state index contributed by atoms with van der Waals surface area (Å²) in [5, 5.41) is 3.33. The molecule has 20 heavy (non-hydrogen) atoms. The van der Waals surface area contributed by atoms with Crippen LogP contribution in [0.4, 0.5) is 5.95 Å². The van der Waals surface area contributed by atoms with Crippen molar-refractivity contribution in [3.8, 4) is 0 Å². The third-order valence-corrected chi connectivity index (χ3v) is 3.48. The number of anilines is 1. The van der Waals surface area contributed by atoms with E-state index < -0.39 is 0 Å². The van der Waals surface area contributed by atoms with Crippen molar-refractivity contribution in [1.82, 2.24) is 15.3 Å². The molecule has 0 unspecified atom stereocenters. The summed E-state index contributed by atoms with van der Waals surface area (Å²) in [6, 6.07) is 0. The van der Waals surface area contributed by atoms with E-state index >= 15 is 0 Å². The third kappa shape index (κ3) is 5.45. The first-order valence-corrected chi connectivity index (χ1v) is 8.01. The molecule has 0 aromatic carbocycles. The van der Waals surface area contributed by atoms with Crippen LogP contribution in [0.1, 0.15) is 57.7 Å². The second-order valence-electron chi connectivity index (χ2n) is 5.26. The van der Waals surface area contributed by atoms with E-state index in [2.05, 4.69) is 42.9 Å². The van der Waals surface area contributed by atoms with Gasteiger partial charge in [0.2, 0.25) is 5.95 Å². The molecule has 1 aromatic heterocycles. The maximum absolute atomic E-state index is 4.71. The molecule has 1 heterocycles. The fourth-order valence-corrected chi connectivity index (χ4v) is 2.08. The van der Waals surface area contributed by atoms with Crippen molar-refractivity contribution < 1.29 is 0 Å². The summed E-state index contributed by atoms with van der Waals surface area (Å²) in [5.74, 6) is 0.893. The molecule has 1 N–H and O–H groups in total. The van der Waals surface area contributed by atoms with Crippen LogP contribution in [0.3, 0.4) is 0 Å². The number of aryl methyl sites for hydroxylation is 1. The summed E-state index contributed by atoms with van der Waals surface area (Å²) in [4.78, 5) is 11.6. The van der Waals surface area contributed by atoms with Gasteiger partial charge in [-0.15, -0.1) is 0 Å². The summed E-state index contributed by atoms with van der Waals surface area (Å²) >= 11 is 0. The average Bonchev–Trinajstić information content (AvgIpc) is 2.46. The second-order valence-corrected chi connectivity index (χ2v) is 5.26. The van der Waals surface area contributed by atoms with Crippen LogP contribution in [0, 0.1) is 6.92 Å². The van der Waals surface area contributed by atoms with Gasteiger partial charge in [-0.3, -0.25) is 0 Å². The van der Waals surface area contributed by atoms with Gasteiger partial charge >= 0.3 is 0 Å². The molecule has 0 spiro atoms. The Morgan fingerprint density at radius 1 is 1.10 bits per heavy atom. The molecule has 0 saturated carbocycles. The van der Waals surface area contributed by atoms with Crippen LogP contribution >= 0.6 is 0 Å². The fourth-order valence-electron chi connectivity index (χ4n) is 2.08. The van der Waals surface area contributed by atoms with Crippen LogP contribution in [0.15, 0.2) is 6.20 Å². The van der Waals surface area contributed by atoms with Gasteiger partial charge in [0.25, 0.3) is 0 Å². The number of aromatic nitrogens is 2. The highest BCUT2D eigenvalue weighted by atomic mass is 15.2. The molecular formula is C16H30N4. The number of nitrogens with one attached hydrogen (secondary N) is 1. The smallest absolute Gasteiger partial charge is 0.225 e. The predicted molar refractivity (Wildman–Crippen MR) is 86.2 cm³/mol. The van der Waals surface area contributed by atoms with Gasteiger partial charge in [-0.1, -0.05) is 33.6 Å². The maximum Gasteiger partial charge on any atom is 0.225 e. The van der Waals surface area contributed by atoms with Crippen LogP contribution in [0.25, 0.3) is 0 Å². The van der Waals surface area contributed by atoms with Crippen LogP contribution < -0.4 is 10.2 Å². The zero-order chi connectivity index (χ0) is 14.8. The molecule has 0 aliphatic rings. The highest BCUT2D eigenvalue weighted by Gasteiger charge is 2.10. The van der Waals surface area contributed by atoms with E-state index in [-0.39, 0.29) is 0 Å². The first-order valence-electron chi connectivity index (χ1n) is 8.01. The largest absolute Gasteiger partial charge is 0.341 e. The van der Waals surface area contributed by atoms with E-state index in [1.54, 1.807) is 0 Å². The van der Waals surface area contributed by atoms with Gasteiger partial charge < -0.3 is 10.2 Å². The molecule has 1 rings (SSSR count). The lowest BCUT2D eigenvalue weighted by atomic mass is 10.2. The van der Waals surface area contributed by atoms with Gasteiger partial charge in [-0.25, -0.2) is 9.97 Å². The normalized spacial score (nSPS) is 10.8. The molecule has 114 valence electrons. The number of hydrogen-bond acceptors (Lipinski definition) is 4. The van der Waals surface area contributed by atoms with Crippen LogP contribution in [-0.2, 0) is 6.54 Å². The van der Waals surface area contributed by atoms with E-state index in [4.69, 9.17) is 4.98 Å². The zero-order valence-corrected chi connectivity index (χ0v) is 13.6. The van der Waals surface area contributed by atoms with Gasteiger partial charge in [0.1, 0.15) is 0 Å². The highest BCUT2D eigenvalue weighted by molar-refractivity contribution is 5.32. The summed E-state index contributed by atoms with van der Waals surface area (Å²) in [5.41, 5.74) is 2.29. The van der Waals surface area contributed by atoms with Gasteiger partial charge in [0.15, 0.2) is 0 Å². The van der Waals surface area contributed by atoms with E-state index in [9.17, 15) is 0 Å². The first kappa shape index (κ1) is 16.9. The SMILES string of the molecule is CCCCN(CCCC)c1ncc(CNCC)c(C)n1. The maximum atomic E-state index is 4.71. The standard InChI is InChI=1S/C16H30N4/c1-5-8-10-20(11-9-6-2)16-18-13-15(12-17-7-3)14(4)19-16/h13,17H,5-12H2,1-4H3. The Balaban J connectivity index is 2.76. The summed E-state index contributed by atoms with van der Waals surface area (Å²) in [7, 11) is 0. The van der Waals surface area contributed by atoms with Crippen LogP contribution in [0.2, 0.25) is 0 Å². The Kier molecular flexibility index (Phi) is 8.19. The molecule has 0 aliphatic heterocycles.